The fourth-order valence-corrected chi connectivity index (χ4v) is 3.29. The molecule has 0 aliphatic rings. The van der Waals surface area contributed by atoms with Crippen LogP contribution in [-0.2, 0) is 4.79 Å². The highest BCUT2D eigenvalue weighted by atomic mass is 35.5. The van der Waals surface area contributed by atoms with Gasteiger partial charge in [0.05, 0.1) is 30.7 Å². The third kappa shape index (κ3) is 4.58. The summed E-state index contributed by atoms with van der Waals surface area (Å²) in [7, 11) is 3.05. The molecule has 0 spiro atoms. The van der Waals surface area contributed by atoms with Crippen molar-refractivity contribution in [3.05, 3.63) is 46.5 Å². The summed E-state index contributed by atoms with van der Waals surface area (Å²) in [6.45, 7) is 4.09. The first-order valence-electron chi connectivity index (χ1n) is 7.36. The first-order chi connectivity index (χ1) is 11.4. The summed E-state index contributed by atoms with van der Waals surface area (Å²) >= 11 is 7.57. The Morgan fingerprint density at radius 1 is 1.12 bits per heavy atom. The topological polar surface area (TPSA) is 47.6 Å². The Morgan fingerprint density at radius 2 is 1.83 bits per heavy atom. The number of thioether (sulfide) groups is 1. The second kappa shape index (κ2) is 8.31. The molecular weight excluding hydrogens is 346 g/mol. The number of hydrogen-bond donors (Lipinski definition) is 1. The third-order valence-corrected chi connectivity index (χ3v) is 4.91. The van der Waals surface area contributed by atoms with Gasteiger partial charge in [-0.3, -0.25) is 4.79 Å². The molecule has 2 aromatic rings. The van der Waals surface area contributed by atoms with Crippen molar-refractivity contribution >= 4 is 35.0 Å². The summed E-state index contributed by atoms with van der Waals surface area (Å²) in [4.78, 5) is 13.3. The van der Waals surface area contributed by atoms with Gasteiger partial charge in [0.15, 0.2) is 0 Å². The molecule has 0 aromatic heterocycles. The minimum atomic E-state index is -0.123. The van der Waals surface area contributed by atoms with Gasteiger partial charge in [-0.15, -0.1) is 11.8 Å². The van der Waals surface area contributed by atoms with E-state index in [-0.39, 0.29) is 5.91 Å². The van der Waals surface area contributed by atoms with Gasteiger partial charge in [0.1, 0.15) is 11.5 Å². The van der Waals surface area contributed by atoms with Crippen molar-refractivity contribution in [2.75, 3.05) is 25.3 Å². The van der Waals surface area contributed by atoms with Crippen molar-refractivity contribution in [3.8, 4) is 11.5 Å². The highest BCUT2D eigenvalue weighted by Gasteiger charge is 2.13. The van der Waals surface area contributed by atoms with E-state index < -0.39 is 0 Å². The van der Waals surface area contributed by atoms with Crippen LogP contribution in [0.4, 0.5) is 5.69 Å². The van der Waals surface area contributed by atoms with Crippen LogP contribution in [0.3, 0.4) is 0 Å². The first-order valence-corrected chi connectivity index (χ1v) is 8.72. The number of anilines is 1. The quantitative estimate of drug-likeness (QED) is 0.753. The van der Waals surface area contributed by atoms with Crippen molar-refractivity contribution in [3.63, 3.8) is 0 Å². The van der Waals surface area contributed by atoms with Gasteiger partial charge < -0.3 is 14.8 Å². The van der Waals surface area contributed by atoms with E-state index in [4.69, 9.17) is 21.1 Å². The van der Waals surface area contributed by atoms with Crippen LogP contribution >= 0.6 is 23.4 Å². The highest BCUT2D eigenvalue weighted by molar-refractivity contribution is 8.00. The molecule has 0 aliphatic heterocycles. The molecule has 4 nitrogen and oxygen atoms in total. The minimum Gasteiger partial charge on any atom is -0.495 e. The lowest BCUT2D eigenvalue weighted by molar-refractivity contribution is -0.113. The number of rotatable bonds is 6. The normalized spacial score (nSPS) is 10.4. The maximum Gasteiger partial charge on any atom is 0.234 e. The molecule has 2 aromatic carbocycles. The Balaban J connectivity index is 2.06. The molecule has 1 N–H and O–H groups in total. The molecule has 128 valence electrons. The van der Waals surface area contributed by atoms with Crippen molar-refractivity contribution in [1.82, 2.24) is 0 Å². The van der Waals surface area contributed by atoms with E-state index in [9.17, 15) is 4.79 Å². The van der Waals surface area contributed by atoms with Gasteiger partial charge in [0, 0.05) is 17.0 Å². The number of amides is 1. The predicted octanol–water partition coefficient (Wildman–Crippen LogP) is 4.70. The molecule has 2 rings (SSSR count). The molecule has 0 unspecified atom stereocenters. The Kier molecular flexibility index (Phi) is 6.40. The molecule has 0 saturated carbocycles. The molecule has 1 amide bonds. The Bertz CT molecular complexity index is 749. The Hall–Kier alpha value is -1.85. The number of nitrogens with one attached hydrogen (secondary N) is 1. The van der Waals surface area contributed by atoms with E-state index in [0.29, 0.717) is 28.0 Å². The number of aryl methyl sites for hydroxylation is 2. The molecule has 0 fully saturated rings. The van der Waals surface area contributed by atoms with Crippen LogP contribution < -0.4 is 14.8 Å². The van der Waals surface area contributed by atoms with Gasteiger partial charge in [-0.05, 0) is 25.5 Å². The minimum absolute atomic E-state index is 0.123. The predicted molar refractivity (Wildman–Crippen MR) is 99.8 cm³/mol. The molecule has 0 heterocycles. The number of methoxy groups -OCH3 is 2. The van der Waals surface area contributed by atoms with Crippen LogP contribution in [0.1, 0.15) is 11.1 Å². The zero-order valence-corrected chi connectivity index (χ0v) is 15.7. The fourth-order valence-electron chi connectivity index (χ4n) is 2.25. The zero-order valence-electron chi connectivity index (χ0n) is 14.1. The van der Waals surface area contributed by atoms with Crippen LogP contribution in [-0.4, -0.2) is 25.9 Å². The van der Waals surface area contributed by atoms with Gasteiger partial charge >= 0.3 is 0 Å². The van der Waals surface area contributed by atoms with Gasteiger partial charge in [-0.1, -0.05) is 29.3 Å². The monoisotopic (exact) mass is 365 g/mol. The lowest BCUT2D eigenvalue weighted by atomic mass is 10.2. The second-order valence-electron chi connectivity index (χ2n) is 5.29. The molecule has 24 heavy (non-hydrogen) atoms. The van der Waals surface area contributed by atoms with Crippen LogP contribution in [0.25, 0.3) is 0 Å². The first kappa shape index (κ1) is 18.5. The summed E-state index contributed by atoms with van der Waals surface area (Å²) in [5.41, 5.74) is 2.91. The van der Waals surface area contributed by atoms with Crippen LogP contribution in [0.15, 0.2) is 35.2 Å². The van der Waals surface area contributed by atoms with Crippen LogP contribution in [0.5, 0.6) is 11.5 Å². The van der Waals surface area contributed by atoms with Crippen molar-refractivity contribution < 1.29 is 14.3 Å². The second-order valence-corrected chi connectivity index (χ2v) is 6.72. The molecular formula is C18H20ClNO3S. The van der Waals surface area contributed by atoms with Crippen molar-refractivity contribution in [1.29, 1.82) is 0 Å². The summed E-state index contributed by atoms with van der Waals surface area (Å²) in [5, 5.41) is 3.27. The standard InChI is InChI=1S/C18H20ClNO3S/c1-11-5-6-17(12(2)7-11)24-10-18(21)20-14-9-15(22-3)13(19)8-16(14)23-4/h5-9H,10H2,1-4H3,(H,20,21). The summed E-state index contributed by atoms with van der Waals surface area (Å²) < 4.78 is 10.4. The van der Waals surface area contributed by atoms with E-state index in [1.807, 2.05) is 26.0 Å². The number of halogens is 1. The SMILES string of the molecule is COc1cc(NC(=O)CSc2ccc(C)cc2C)c(OC)cc1Cl. The molecule has 6 heteroatoms. The Morgan fingerprint density at radius 3 is 2.46 bits per heavy atom. The van der Waals surface area contributed by atoms with Gasteiger partial charge in [0.25, 0.3) is 0 Å². The summed E-state index contributed by atoms with van der Waals surface area (Å²) in [6.07, 6.45) is 0. The summed E-state index contributed by atoms with van der Waals surface area (Å²) in [6, 6.07) is 9.45. The number of carbonyl (C=O) groups excluding carboxylic acids is 1. The molecule has 0 radical (unpaired) electrons. The van der Waals surface area contributed by atoms with E-state index in [1.165, 1.54) is 37.1 Å². The number of carbonyl (C=O) groups is 1. The van der Waals surface area contributed by atoms with Crippen molar-refractivity contribution in [2.24, 2.45) is 0 Å². The van der Waals surface area contributed by atoms with Crippen LogP contribution in [0, 0.1) is 13.8 Å². The average molecular weight is 366 g/mol. The molecule has 0 bridgehead atoms. The van der Waals surface area contributed by atoms with E-state index in [2.05, 4.69) is 11.4 Å². The fraction of sp³-hybridized carbons (Fsp3) is 0.278. The van der Waals surface area contributed by atoms with Gasteiger partial charge in [-0.2, -0.15) is 0 Å². The summed E-state index contributed by atoms with van der Waals surface area (Å²) in [5.74, 6) is 1.15. The number of ether oxygens (including phenoxy) is 2. The van der Waals surface area contributed by atoms with Crippen molar-refractivity contribution in [2.45, 2.75) is 18.7 Å². The van der Waals surface area contributed by atoms with E-state index >= 15 is 0 Å². The number of hydrogen-bond acceptors (Lipinski definition) is 4. The maximum atomic E-state index is 12.3. The number of benzene rings is 2. The van der Waals surface area contributed by atoms with Gasteiger partial charge in [-0.25, -0.2) is 0 Å². The molecule has 0 atom stereocenters. The van der Waals surface area contributed by atoms with Crippen LogP contribution in [0.2, 0.25) is 5.02 Å². The van der Waals surface area contributed by atoms with E-state index in [0.717, 1.165) is 4.90 Å². The van der Waals surface area contributed by atoms with Gasteiger partial charge in [0.2, 0.25) is 5.91 Å². The lowest BCUT2D eigenvalue weighted by Crippen LogP contribution is -2.15. The largest absolute Gasteiger partial charge is 0.495 e. The zero-order chi connectivity index (χ0) is 17.7. The Labute approximate surface area is 151 Å². The third-order valence-electron chi connectivity index (χ3n) is 3.44. The molecule has 0 saturated heterocycles. The smallest absolute Gasteiger partial charge is 0.234 e. The lowest BCUT2D eigenvalue weighted by Gasteiger charge is -2.13. The van der Waals surface area contributed by atoms with E-state index in [1.54, 1.807) is 12.1 Å². The highest BCUT2D eigenvalue weighted by Crippen LogP contribution is 2.36. The maximum absolute atomic E-state index is 12.3. The molecule has 0 aliphatic carbocycles. The average Bonchev–Trinajstić information content (AvgIpc) is 2.55.